The zero-order valence-electron chi connectivity index (χ0n) is 19.5. The van der Waals surface area contributed by atoms with Gasteiger partial charge in [-0.15, -0.1) is 0 Å². The van der Waals surface area contributed by atoms with Crippen molar-refractivity contribution >= 4 is 0 Å². The van der Waals surface area contributed by atoms with E-state index in [9.17, 15) is 10.2 Å². The third kappa shape index (κ3) is 2.98. The second kappa shape index (κ2) is 7.37. The molecule has 0 aromatic heterocycles. The first-order valence-electron chi connectivity index (χ1n) is 12.6. The lowest BCUT2D eigenvalue weighted by Crippen LogP contribution is -2.50. The van der Waals surface area contributed by atoms with Gasteiger partial charge in [0.15, 0.2) is 0 Å². The molecule has 0 aromatic rings. The Bertz CT molecular complexity index is 753. The molecule has 0 amide bonds. The smallest absolute Gasteiger partial charge is 0.106 e. The fraction of sp³-hybridized carbons (Fsp3) is 0.852. The van der Waals surface area contributed by atoms with Gasteiger partial charge < -0.3 is 14.9 Å². The van der Waals surface area contributed by atoms with Crippen LogP contribution in [0.4, 0.5) is 0 Å². The van der Waals surface area contributed by atoms with Crippen molar-refractivity contribution in [2.45, 2.75) is 97.7 Å². The normalized spacial score (nSPS) is 48.3. The molecular formula is C27H42O3. The lowest BCUT2D eigenvalue weighted by atomic mass is 9.47. The quantitative estimate of drug-likeness (QED) is 0.587. The van der Waals surface area contributed by atoms with Crippen molar-refractivity contribution in [3.05, 3.63) is 23.0 Å². The molecule has 3 fully saturated rings. The summed E-state index contributed by atoms with van der Waals surface area (Å²) in [6, 6.07) is 0. The van der Waals surface area contributed by atoms with E-state index >= 15 is 0 Å². The molecule has 30 heavy (non-hydrogen) atoms. The van der Waals surface area contributed by atoms with E-state index in [4.69, 9.17) is 4.74 Å². The zero-order chi connectivity index (χ0) is 21.3. The van der Waals surface area contributed by atoms with E-state index in [0.717, 1.165) is 43.4 Å². The summed E-state index contributed by atoms with van der Waals surface area (Å²) in [6.45, 7) is 9.83. The summed E-state index contributed by atoms with van der Waals surface area (Å²) < 4.78 is 6.62. The van der Waals surface area contributed by atoms with Crippen LogP contribution in [0.5, 0.6) is 0 Å². The van der Waals surface area contributed by atoms with E-state index in [1.54, 1.807) is 5.57 Å². The highest BCUT2D eigenvalue weighted by atomic mass is 16.5. The van der Waals surface area contributed by atoms with Crippen LogP contribution >= 0.6 is 0 Å². The van der Waals surface area contributed by atoms with Gasteiger partial charge in [-0.25, -0.2) is 0 Å². The topological polar surface area (TPSA) is 49.7 Å². The third-order valence-electron chi connectivity index (χ3n) is 10.5. The van der Waals surface area contributed by atoms with Gasteiger partial charge in [-0.3, -0.25) is 0 Å². The number of ether oxygens (including phenoxy) is 1. The summed E-state index contributed by atoms with van der Waals surface area (Å²) in [5, 5.41) is 19.6. The fourth-order valence-corrected chi connectivity index (χ4v) is 8.69. The van der Waals surface area contributed by atoms with Crippen molar-refractivity contribution in [2.24, 2.45) is 40.4 Å². The molecule has 0 bridgehead atoms. The van der Waals surface area contributed by atoms with Gasteiger partial charge in [-0.1, -0.05) is 32.4 Å². The molecule has 3 nitrogen and oxygen atoms in total. The molecule has 1 aliphatic heterocycles. The van der Waals surface area contributed by atoms with Crippen LogP contribution in [0, 0.1) is 40.4 Å². The maximum atomic E-state index is 10.2. The Morgan fingerprint density at radius 1 is 1.20 bits per heavy atom. The van der Waals surface area contributed by atoms with Gasteiger partial charge in [0, 0.05) is 18.9 Å². The molecule has 4 aliphatic carbocycles. The summed E-state index contributed by atoms with van der Waals surface area (Å²) in [5.74, 6) is 4.52. The minimum absolute atomic E-state index is 0.117. The molecule has 3 heteroatoms. The highest BCUT2D eigenvalue weighted by Crippen LogP contribution is 2.68. The fourth-order valence-electron chi connectivity index (χ4n) is 8.69. The standard InChI is InChI=1S/C27H42O3/c1-16(15-28)5-8-23-17(2)25-24(30-23)14-22-20-7-6-18-13-19(29)9-11-26(18,3)21(20)10-12-27(22,25)4/h6,16,19-22,24-25,28-29H,5,7-15H2,1-4H3/t16-,19-,20+,21-,22+,24-,25-,26-,27-/m0/s1. The Morgan fingerprint density at radius 3 is 2.77 bits per heavy atom. The number of aliphatic hydroxyl groups is 2. The van der Waals surface area contributed by atoms with Gasteiger partial charge in [0.25, 0.3) is 0 Å². The van der Waals surface area contributed by atoms with Crippen molar-refractivity contribution in [1.82, 2.24) is 0 Å². The van der Waals surface area contributed by atoms with Crippen LogP contribution in [0.15, 0.2) is 23.0 Å². The largest absolute Gasteiger partial charge is 0.494 e. The van der Waals surface area contributed by atoms with Crippen molar-refractivity contribution in [2.75, 3.05) is 6.61 Å². The SMILES string of the molecule is CC1=C(CC[C@H](C)CO)O[C@H]2C[C@@H]3[C@@H]4CC=C5C[C@@H](O)CC[C@]5(C)[C@H]4CC[C@]3(C)[C@@H]12. The first-order valence-corrected chi connectivity index (χ1v) is 12.6. The van der Waals surface area contributed by atoms with Crippen LogP contribution in [-0.4, -0.2) is 29.0 Å². The predicted molar refractivity (Wildman–Crippen MR) is 120 cm³/mol. The second-order valence-electron chi connectivity index (χ2n) is 12.0. The van der Waals surface area contributed by atoms with Gasteiger partial charge in [0.05, 0.1) is 11.9 Å². The molecule has 9 atom stereocenters. The van der Waals surface area contributed by atoms with Crippen molar-refractivity contribution in [3.8, 4) is 0 Å². The number of hydrogen-bond donors (Lipinski definition) is 2. The van der Waals surface area contributed by atoms with E-state index in [-0.39, 0.29) is 12.7 Å². The monoisotopic (exact) mass is 414 g/mol. The second-order valence-corrected chi connectivity index (χ2v) is 12.0. The summed E-state index contributed by atoms with van der Waals surface area (Å²) in [5.41, 5.74) is 3.78. The highest BCUT2D eigenvalue weighted by Gasteiger charge is 2.63. The summed E-state index contributed by atoms with van der Waals surface area (Å²) in [6.07, 6.45) is 13.0. The average Bonchev–Trinajstić information content (AvgIpc) is 3.20. The Kier molecular flexibility index (Phi) is 5.18. The molecule has 5 aliphatic rings. The van der Waals surface area contributed by atoms with E-state index < -0.39 is 0 Å². The Morgan fingerprint density at radius 2 is 2.00 bits per heavy atom. The molecule has 0 radical (unpaired) electrons. The van der Waals surface area contributed by atoms with E-state index in [1.165, 1.54) is 43.4 Å². The van der Waals surface area contributed by atoms with Crippen LogP contribution in [0.2, 0.25) is 0 Å². The predicted octanol–water partition coefficient (Wildman–Crippen LogP) is 5.62. The van der Waals surface area contributed by atoms with Gasteiger partial charge in [-0.05, 0) is 98.4 Å². The van der Waals surface area contributed by atoms with Crippen molar-refractivity contribution in [1.29, 1.82) is 0 Å². The Balaban J connectivity index is 1.38. The maximum Gasteiger partial charge on any atom is 0.106 e. The van der Waals surface area contributed by atoms with Crippen molar-refractivity contribution < 1.29 is 14.9 Å². The van der Waals surface area contributed by atoms with E-state index in [2.05, 4.69) is 33.8 Å². The molecular weight excluding hydrogens is 372 g/mol. The summed E-state index contributed by atoms with van der Waals surface area (Å²) in [7, 11) is 0. The maximum absolute atomic E-state index is 10.2. The van der Waals surface area contributed by atoms with Crippen LogP contribution in [0.3, 0.4) is 0 Å². The molecule has 0 saturated heterocycles. The van der Waals surface area contributed by atoms with Gasteiger partial charge in [0.2, 0.25) is 0 Å². The molecule has 0 spiro atoms. The van der Waals surface area contributed by atoms with E-state index in [0.29, 0.717) is 28.8 Å². The minimum atomic E-state index is -0.117. The molecule has 3 saturated carbocycles. The minimum Gasteiger partial charge on any atom is -0.494 e. The molecule has 168 valence electrons. The first kappa shape index (κ1) is 21.1. The molecule has 0 aromatic carbocycles. The van der Waals surface area contributed by atoms with Crippen LogP contribution in [0.25, 0.3) is 0 Å². The number of rotatable bonds is 4. The lowest BCUT2D eigenvalue weighted by molar-refractivity contribution is -0.0454. The number of allylic oxidation sites excluding steroid dienone is 2. The molecule has 5 rings (SSSR count). The zero-order valence-corrected chi connectivity index (χ0v) is 19.5. The van der Waals surface area contributed by atoms with Crippen LogP contribution in [0.1, 0.15) is 85.5 Å². The molecule has 0 unspecified atom stereocenters. The van der Waals surface area contributed by atoms with Crippen molar-refractivity contribution in [3.63, 3.8) is 0 Å². The lowest BCUT2D eigenvalue weighted by Gasteiger charge is -2.57. The summed E-state index contributed by atoms with van der Waals surface area (Å²) >= 11 is 0. The van der Waals surface area contributed by atoms with Gasteiger partial charge in [-0.2, -0.15) is 0 Å². The average molecular weight is 415 g/mol. The van der Waals surface area contributed by atoms with Gasteiger partial charge >= 0.3 is 0 Å². The van der Waals surface area contributed by atoms with Gasteiger partial charge in [0.1, 0.15) is 6.10 Å². The highest BCUT2D eigenvalue weighted by molar-refractivity contribution is 5.30. The number of hydrogen-bond acceptors (Lipinski definition) is 3. The Labute approximate surface area is 183 Å². The summed E-state index contributed by atoms with van der Waals surface area (Å²) in [4.78, 5) is 0. The molecule has 1 heterocycles. The number of aliphatic hydroxyl groups excluding tert-OH is 2. The van der Waals surface area contributed by atoms with Crippen LogP contribution < -0.4 is 0 Å². The number of fused-ring (bicyclic) bond motifs is 7. The molecule has 2 N–H and O–H groups in total. The van der Waals surface area contributed by atoms with Crippen LogP contribution in [-0.2, 0) is 4.74 Å². The van der Waals surface area contributed by atoms with E-state index in [1.807, 2.05) is 0 Å². The third-order valence-corrected chi connectivity index (χ3v) is 10.5. The first-order chi connectivity index (χ1) is 14.3. The Hall–Kier alpha value is -0.800.